The molecule has 0 N–H and O–H groups in total. The Kier molecular flexibility index (Phi) is 5.27. The first-order chi connectivity index (χ1) is 15.8. The Morgan fingerprint density at radius 1 is 0.500 bits per heavy atom. The van der Waals surface area contributed by atoms with Crippen LogP contribution in [0.15, 0.2) is 94.7 Å². The summed E-state index contributed by atoms with van der Waals surface area (Å²) < 4.78 is 2.71. The lowest BCUT2D eigenvalue weighted by Crippen LogP contribution is -1.77. The molecular formula is C28H20S4. The minimum Gasteiger partial charge on any atom is -0.135 e. The smallest absolute Gasteiger partial charge is 0.0366 e. The number of thioether (sulfide) groups is 2. The zero-order valence-corrected chi connectivity index (χ0v) is 21.0. The maximum Gasteiger partial charge on any atom is 0.0366 e. The summed E-state index contributed by atoms with van der Waals surface area (Å²) in [6.07, 6.45) is 4.31. The van der Waals surface area contributed by atoms with E-state index in [-0.39, 0.29) is 0 Å². The molecule has 0 aliphatic rings. The Morgan fingerprint density at radius 2 is 0.938 bits per heavy atom. The monoisotopic (exact) mass is 484 g/mol. The van der Waals surface area contributed by atoms with Crippen molar-refractivity contribution in [3.05, 3.63) is 84.9 Å². The molecule has 0 saturated carbocycles. The minimum atomic E-state index is 1.33. The average Bonchev–Trinajstić information content (AvgIpc) is 3.48. The van der Waals surface area contributed by atoms with Crippen LogP contribution in [0.1, 0.15) is 0 Å². The molecule has 0 nitrogen and oxygen atoms in total. The van der Waals surface area contributed by atoms with E-state index in [4.69, 9.17) is 0 Å². The van der Waals surface area contributed by atoms with Crippen molar-refractivity contribution < 1.29 is 0 Å². The van der Waals surface area contributed by atoms with Gasteiger partial charge < -0.3 is 0 Å². The molecule has 0 radical (unpaired) electrons. The van der Waals surface area contributed by atoms with Crippen molar-refractivity contribution in [2.24, 2.45) is 0 Å². The Morgan fingerprint density at radius 3 is 1.38 bits per heavy atom. The molecule has 32 heavy (non-hydrogen) atoms. The van der Waals surface area contributed by atoms with E-state index < -0.39 is 0 Å². The fraction of sp³-hybridized carbons (Fsp3) is 0.0714. The number of fused-ring (bicyclic) bond motifs is 5. The number of thiophene rings is 2. The molecule has 6 aromatic rings. The molecule has 0 spiro atoms. The molecule has 156 valence electrons. The van der Waals surface area contributed by atoms with Gasteiger partial charge in [0, 0.05) is 50.8 Å². The summed E-state index contributed by atoms with van der Waals surface area (Å²) in [5.41, 5.74) is 2.67. The molecule has 6 rings (SSSR count). The molecule has 2 heterocycles. The zero-order valence-electron chi connectivity index (χ0n) is 17.7. The highest BCUT2D eigenvalue weighted by molar-refractivity contribution is 7.99. The van der Waals surface area contributed by atoms with Gasteiger partial charge in [-0.15, -0.1) is 46.2 Å². The Hall–Kier alpha value is -2.24. The van der Waals surface area contributed by atoms with E-state index in [0.717, 1.165) is 0 Å². The molecule has 0 aliphatic heterocycles. The van der Waals surface area contributed by atoms with Gasteiger partial charge in [-0.1, -0.05) is 48.5 Å². The summed E-state index contributed by atoms with van der Waals surface area (Å²) in [6, 6.07) is 31.5. The van der Waals surface area contributed by atoms with Crippen LogP contribution in [0.5, 0.6) is 0 Å². The molecule has 2 aromatic heterocycles. The molecule has 0 fully saturated rings. The minimum absolute atomic E-state index is 1.33. The average molecular weight is 485 g/mol. The molecule has 4 aromatic carbocycles. The van der Waals surface area contributed by atoms with Crippen LogP contribution in [0.25, 0.3) is 51.8 Å². The normalized spacial score (nSPS) is 11.7. The molecular weight excluding hydrogens is 465 g/mol. The van der Waals surface area contributed by atoms with Crippen LogP contribution in [-0.4, -0.2) is 12.5 Å². The SMILES string of the molecule is CSc1ccccc1-c1cc2c(ccc3c4cc(-c5ccccc5SC)sc4ccc23)s1. The van der Waals surface area contributed by atoms with Crippen molar-refractivity contribution >= 4 is 77.1 Å². The van der Waals surface area contributed by atoms with Gasteiger partial charge in [-0.25, -0.2) is 0 Å². The Balaban J connectivity index is 1.56. The summed E-state index contributed by atoms with van der Waals surface area (Å²) in [6.45, 7) is 0. The van der Waals surface area contributed by atoms with Crippen molar-refractivity contribution in [3.63, 3.8) is 0 Å². The molecule has 0 amide bonds. The third-order valence-electron chi connectivity index (χ3n) is 5.94. The molecule has 4 heteroatoms. The fourth-order valence-corrected chi connectivity index (χ4v) is 8.00. The first-order valence-corrected chi connectivity index (χ1v) is 14.5. The largest absolute Gasteiger partial charge is 0.135 e. The summed E-state index contributed by atoms with van der Waals surface area (Å²) in [5.74, 6) is 0. The van der Waals surface area contributed by atoms with E-state index >= 15 is 0 Å². The highest BCUT2D eigenvalue weighted by Crippen LogP contribution is 2.44. The van der Waals surface area contributed by atoms with Crippen LogP contribution >= 0.6 is 46.2 Å². The van der Waals surface area contributed by atoms with Crippen molar-refractivity contribution in [3.8, 4) is 20.9 Å². The van der Waals surface area contributed by atoms with E-state index in [2.05, 4.69) is 97.4 Å². The highest BCUT2D eigenvalue weighted by atomic mass is 32.2. The van der Waals surface area contributed by atoms with E-state index in [1.54, 1.807) is 0 Å². The Bertz CT molecular complexity index is 1480. The van der Waals surface area contributed by atoms with Crippen molar-refractivity contribution in [1.82, 2.24) is 0 Å². The first-order valence-electron chi connectivity index (χ1n) is 10.4. The van der Waals surface area contributed by atoms with Gasteiger partial charge in [-0.05, 0) is 59.7 Å². The Labute approximate surface area is 204 Å². The van der Waals surface area contributed by atoms with Crippen molar-refractivity contribution in [1.29, 1.82) is 0 Å². The standard InChI is InChI=1S/C28H20S4/c1-29-23-9-5-3-7-19(23)27-15-21-17-12-14-26-22(18(17)11-13-25(21)31-27)16-28(32-26)20-8-4-6-10-24(20)30-2/h3-16H,1-2H3. The maximum absolute atomic E-state index is 2.39. The van der Waals surface area contributed by atoms with Gasteiger partial charge in [0.2, 0.25) is 0 Å². The summed E-state index contributed by atoms with van der Waals surface area (Å²) in [5, 5.41) is 5.42. The third kappa shape index (κ3) is 3.29. The number of benzene rings is 4. The lowest BCUT2D eigenvalue weighted by atomic mass is 10.0. The molecule has 0 saturated heterocycles. The lowest BCUT2D eigenvalue weighted by Gasteiger charge is -2.03. The maximum atomic E-state index is 2.39. The number of hydrogen-bond donors (Lipinski definition) is 0. The predicted octanol–water partition coefficient (Wildman–Crippen LogP) is 10.0. The lowest BCUT2D eigenvalue weighted by molar-refractivity contribution is 1.47. The van der Waals surface area contributed by atoms with Crippen LogP contribution in [0, 0.1) is 0 Å². The van der Waals surface area contributed by atoms with Gasteiger partial charge in [0.15, 0.2) is 0 Å². The van der Waals surface area contributed by atoms with E-state index in [1.807, 2.05) is 46.2 Å². The predicted molar refractivity (Wildman–Crippen MR) is 149 cm³/mol. The van der Waals surface area contributed by atoms with Gasteiger partial charge >= 0.3 is 0 Å². The van der Waals surface area contributed by atoms with Gasteiger partial charge in [0.05, 0.1) is 0 Å². The number of rotatable bonds is 4. The zero-order chi connectivity index (χ0) is 21.7. The second kappa shape index (κ2) is 8.27. The van der Waals surface area contributed by atoms with Crippen LogP contribution < -0.4 is 0 Å². The van der Waals surface area contributed by atoms with Crippen molar-refractivity contribution in [2.75, 3.05) is 12.5 Å². The van der Waals surface area contributed by atoms with Crippen LogP contribution in [0.4, 0.5) is 0 Å². The van der Waals surface area contributed by atoms with Gasteiger partial charge in [0.25, 0.3) is 0 Å². The molecule has 0 aliphatic carbocycles. The number of hydrogen-bond acceptors (Lipinski definition) is 4. The van der Waals surface area contributed by atoms with Crippen LogP contribution in [0.3, 0.4) is 0 Å². The molecule has 0 atom stereocenters. The van der Waals surface area contributed by atoms with Crippen LogP contribution in [-0.2, 0) is 0 Å². The van der Waals surface area contributed by atoms with E-state index in [0.29, 0.717) is 0 Å². The first kappa shape index (κ1) is 20.4. The van der Waals surface area contributed by atoms with Crippen molar-refractivity contribution in [2.45, 2.75) is 9.79 Å². The van der Waals surface area contributed by atoms with Crippen LogP contribution in [0.2, 0.25) is 0 Å². The molecule has 0 unspecified atom stereocenters. The third-order valence-corrected chi connectivity index (χ3v) is 9.80. The quantitative estimate of drug-likeness (QED) is 0.228. The highest BCUT2D eigenvalue weighted by Gasteiger charge is 2.14. The topological polar surface area (TPSA) is 0 Å². The van der Waals surface area contributed by atoms with Gasteiger partial charge in [-0.3, -0.25) is 0 Å². The summed E-state index contributed by atoms with van der Waals surface area (Å²) in [4.78, 5) is 5.36. The second-order valence-electron chi connectivity index (χ2n) is 7.67. The van der Waals surface area contributed by atoms with Gasteiger partial charge in [0.1, 0.15) is 0 Å². The molecule has 0 bridgehead atoms. The summed E-state index contributed by atoms with van der Waals surface area (Å²) in [7, 11) is 0. The van der Waals surface area contributed by atoms with E-state index in [1.165, 1.54) is 61.6 Å². The van der Waals surface area contributed by atoms with Gasteiger partial charge in [-0.2, -0.15) is 0 Å². The fourth-order valence-electron chi connectivity index (χ4n) is 4.41. The summed E-state index contributed by atoms with van der Waals surface area (Å²) >= 11 is 7.42. The van der Waals surface area contributed by atoms with E-state index in [9.17, 15) is 0 Å². The second-order valence-corrected chi connectivity index (χ2v) is 11.5.